The number of fused-ring (bicyclic) bond motifs is 2. The first-order valence-corrected chi connectivity index (χ1v) is 9.90. The molecule has 0 saturated carbocycles. The van der Waals surface area contributed by atoms with E-state index in [1.165, 1.54) is 0 Å². The Morgan fingerprint density at radius 1 is 1.00 bits per heavy atom. The molecule has 0 bridgehead atoms. The number of aryl methyl sites for hydroxylation is 1. The number of nitrogens with one attached hydrogen (secondary N) is 1. The minimum absolute atomic E-state index is 0.0731. The fourth-order valence-electron chi connectivity index (χ4n) is 3.42. The lowest BCUT2D eigenvalue weighted by Gasteiger charge is -2.11. The zero-order chi connectivity index (χ0) is 21.2. The third kappa shape index (κ3) is 3.96. The molecule has 6 nitrogen and oxygen atoms in total. The van der Waals surface area contributed by atoms with Gasteiger partial charge >= 0.3 is 0 Å². The number of carbonyl (C=O) groups excluding carboxylic acids is 1. The zero-order valence-corrected chi connectivity index (χ0v) is 16.8. The third-order valence-corrected chi connectivity index (χ3v) is 5.00. The van der Waals surface area contributed by atoms with Crippen LogP contribution < -0.4 is 10.1 Å². The number of carbonyl (C=O) groups is 1. The lowest BCUT2D eigenvalue weighted by Crippen LogP contribution is -2.20. The third-order valence-electron chi connectivity index (χ3n) is 5.00. The molecule has 6 heteroatoms. The van der Waals surface area contributed by atoms with Crippen LogP contribution in [0.5, 0.6) is 5.75 Å². The van der Waals surface area contributed by atoms with Crippen molar-refractivity contribution in [2.24, 2.45) is 0 Å². The standard InChI is InChI=1S/C25H19N3O3/c1-16-13-19(25-28-24-22(31-25)7-4-12-26-24)9-11-21(16)27-23(29)15-30-20-10-8-17-5-2-3-6-18(17)14-20/h2-14H,15H2,1H3,(H,27,29). The number of hydrogen-bond acceptors (Lipinski definition) is 5. The van der Waals surface area contributed by atoms with Crippen LogP contribution in [0.15, 0.2) is 83.4 Å². The predicted octanol–water partition coefficient (Wildman–Crippen LogP) is 5.37. The Labute approximate surface area is 178 Å². The van der Waals surface area contributed by atoms with E-state index >= 15 is 0 Å². The van der Waals surface area contributed by atoms with Gasteiger partial charge in [-0.2, -0.15) is 4.98 Å². The Bertz CT molecular complexity index is 1370. The molecule has 1 N–H and O–H groups in total. The monoisotopic (exact) mass is 409 g/mol. The number of nitrogens with zero attached hydrogens (tertiary/aromatic N) is 2. The number of aromatic nitrogens is 2. The molecule has 0 radical (unpaired) electrons. The van der Waals surface area contributed by atoms with Gasteiger partial charge in [0.2, 0.25) is 5.89 Å². The normalized spacial score (nSPS) is 11.0. The summed E-state index contributed by atoms with van der Waals surface area (Å²) in [7, 11) is 0. The second-order valence-electron chi connectivity index (χ2n) is 7.22. The van der Waals surface area contributed by atoms with Gasteiger partial charge in [0.25, 0.3) is 5.91 Å². The fraction of sp³-hybridized carbons (Fsp3) is 0.0800. The average molecular weight is 409 g/mol. The summed E-state index contributed by atoms with van der Waals surface area (Å²) in [6, 6.07) is 23.0. The first-order chi connectivity index (χ1) is 15.2. The van der Waals surface area contributed by atoms with E-state index in [4.69, 9.17) is 9.15 Å². The van der Waals surface area contributed by atoms with Crippen LogP contribution in [0.3, 0.4) is 0 Å². The summed E-state index contributed by atoms with van der Waals surface area (Å²) in [5.74, 6) is 0.926. The Kier molecular flexibility index (Phi) is 4.80. The topological polar surface area (TPSA) is 77.3 Å². The second-order valence-corrected chi connectivity index (χ2v) is 7.22. The van der Waals surface area contributed by atoms with Crippen LogP contribution in [-0.4, -0.2) is 22.5 Å². The van der Waals surface area contributed by atoms with E-state index in [-0.39, 0.29) is 12.5 Å². The molecular weight excluding hydrogens is 390 g/mol. The Morgan fingerprint density at radius 3 is 2.71 bits per heavy atom. The highest BCUT2D eigenvalue weighted by Crippen LogP contribution is 2.27. The summed E-state index contributed by atoms with van der Waals surface area (Å²) in [5.41, 5.74) is 3.63. The molecule has 0 aliphatic carbocycles. The first-order valence-electron chi connectivity index (χ1n) is 9.90. The van der Waals surface area contributed by atoms with E-state index in [1.54, 1.807) is 12.3 Å². The zero-order valence-electron chi connectivity index (χ0n) is 16.8. The lowest BCUT2D eigenvalue weighted by atomic mass is 10.1. The van der Waals surface area contributed by atoms with E-state index in [9.17, 15) is 4.79 Å². The molecule has 2 heterocycles. The van der Waals surface area contributed by atoms with Gasteiger partial charge in [0.15, 0.2) is 17.8 Å². The van der Waals surface area contributed by atoms with Gasteiger partial charge in [0, 0.05) is 17.4 Å². The number of amides is 1. The van der Waals surface area contributed by atoms with Gasteiger partial charge in [-0.05, 0) is 65.7 Å². The van der Waals surface area contributed by atoms with E-state index in [2.05, 4.69) is 15.3 Å². The van der Waals surface area contributed by atoms with Crippen molar-refractivity contribution in [3.8, 4) is 17.2 Å². The van der Waals surface area contributed by atoms with Crippen molar-refractivity contribution < 1.29 is 13.9 Å². The van der Waals surface area contributed by atoms with Crippen molar-refractivity contribution in [2.45, 2.75) is 6.92 Å². The summed E-state index contributed by atoms with van der Waals surface area (Å²) in [6.45, 7) is 1.85. The van der Waals surface area contributed by atoms with Gasteiger partial charge < -0.3 is 14.5 Å². The number of pyridine rings is 1. The maximum absolute atomic E-state index is 12.4. The average Bonchev–Trinajstić information content (AvgIpc) is 3.23. The van der Waals surface area contributed by atoms with Crippen LogP contribution in [0.2, 0.25) is 0 Å². The van der Waals surface area contributed by atoms with Crippen molar-refractivity contribution in [3.63, 3.8) is 0 Å². The molecule has 152 valence electrons. The van der Waals surface area contributed by atoms with Crippen LogP contribution in [0.1, 0.15) is 5.56 Å². The highest BCUT2D eigenvalue weighted by Gasteiger charge is 2.12. The lowest BCUT2D eigenvalue weighted by molar-refractivity contribution is -0.118. The molecule has 2 aromatic heterocycles. The van der Waals surface area contributed by atoms with Gasteiger partial charge in [-0.25, -0.2) is 4.98 Å². The van der Waals surface area contributed by atoms with Crippen LogP contribution in [0.4, 0.5) is 5.69 Å². The molecule has 3 aromatic carbocycles. The number of ether oxygens (including phenoxy) is 1. The van der Waals surface area contributed by atoms with Gasteiger partial charge in [-0.1, -0.05) is 30.3 Å². The first kappa shape index (κ1) is 18.8. The molecule has 0 fully saturated rings. The van der Waals surface area contributed by atoms with Crippen molar-refractivity contribution in [2.75, 3.05) is 11.9 Å². The predicted molar refractivity (Wildman–Crippen MR) is 120 cm³/mol. The molecule has 0 aliphatic rings. The maximum atomic E-state index is 12.4. The molecule has 1 amide bonds. The maximum Gasteiger partial charge on any atom is 0.262 e. The quantitative estimate of drug-likeness (QED) is 0.422. The number of benzene rings is 3. The minimum atomic E-state index is -0.227. The van der Waals surface area contributed by atoms with E-state index in [0.717, 1.165) is 21.9 Å². The second kappa shape index (κ2) is 7.91. The van der Waals surface area contributed by atoms with E-state index < -0.39 is 0 Å². The van der Waals surface area contributed by atoms with Crippen molar-refractivity contribution in [1.29, 1.82) is 0 Å². The molecule has 0 aliphatic heterocycles. The van der Waals surface area contributed by atoms with Gasteiger partial charge in [0.1, 0.15) is 5.75 Å². The Balaban J connectivity index is 1.26. The molecule has 0 spiro atoms. The van der Waals surface area contributed by atoms with Crippen molar-refractivity contribution in [1.82, 2.24) is 9.97 Å². The van der Waals surface area contributed by atoms with Crippen LogP contribution >= 0.6 is 0 Å². The summed E-state index contributed by atoms with van der Waals surface area (Å²) < 4.78 is 11.4. The van der Waals surface area contributed by atoms with Crippen molar-refractivity contribution >= 4 is 33.6 Å². The minimum Gasteiger partial charge on any atom is -0.484 e. The van der Waals surface area contributed by atoms with Crippen LogP contribution in [0, 0.1) is 6.92 Å². The molecule has 0 unspecified atom stereocenters. The number of rotatable bonds is 5. The summed E-state index contributed by atoms with van der Waals surface area (Å²) >= 11 is 0. The Morgan fingerprint density at radius 2 is 1.87 bits per heavy atom. The van der Waals surface area contributed by atoms with Crippen LogP contribution in [0.25, 0.3) is 33.5 Å². The SMILES string of the molecule is Cc1cc(-c2nc3ncccc3o2)ccc1NC(=O)COc1ccc2ccccc2c1. The molecule has 5 aromatic rings. The summed E-state index contributed by atoms with van der Waals surface area (Å²) in [4.78, 5) is 21.0. The summed E-state index contributed by atoms with van der Waals surface area (Å²) in [6.07, 6.45) is 1.68. The van der Waals surface area contributed by atoms with Crippen molar-refractivity contribution in [3.05, 3.63) is 84.6 Å². The molecule has 31 heavy (non-hydrogen) atoms. The van der Waals surface area contributed by atoms with Gasteiger partial charge in [-0.15, -0.1) is 0 Å². The molecule has 0 atom stereocenters. The van der Waals surface area contributed by atoms with E-state index in [0.29, 0.717) is 28.6 Å². The number of hydrogen-bond donors (Lipinski definition) is 1. The largest absolute Gasteiger partial charge is 0.484 e. The fourth-order valence-corrected chi connectivity index (χ4v) is 3.42. The van der Waals surface area contributed by atoms with Gasteiger partial charge in [-0.3, -0.25) is 4.79 Å². The van der Waals surface area contributed by atoms with E-state index in [1.807, 2.05) is 73.7 Å². The molecular formula is C25H19N3O3. The summed E-state index contributed by atoms with van der Waals surface area (Å²) in [5, 5.41) is 5.10. The number of oxazole rings is 1. The van der Waals surface area contributed by atoms with Gasteiger partial charge in [0.05, 0.1) is 0 Å². The Hall–Kier alpha value is -4.19. The highest BCUT2D eigenvalue weighted by atomic mass is 16.5. The smallest absolute Gasteiger partial charge is 0.262 e. The molecule has 0 saturated heterocycles. The molecule has 5 rings (SSSR count). The van der Waals surface area contributed by atoms with Crippen LogP contribution in [-0.2, 0) is 4.79 Å². The highest BCUT2D eigenvalue weighted by molar-refractivity contribution is 5.93. The number of anilines is 1.